The van der Waals surface area contributed by atoms with Gasteiger partial charge in [0.2, 0.25) is 5.91 Å². The molecular weight excluding hydrogens is 290 g/mol. The number of aromatic nitrogens is 1. The van der Waals surface area contributed by atoms with Crippen LogP contribution in [0.1, 0.15) is 28.8 Å². The molecule has 1 aliphatic carbocycles. The lowest BCUT2D eigenvalue weighted by molar-refractivity contribution is -0.126. The molecule has 0 bridgehead atoms. The predicted octanol–water partition coefficient (Wildman–Crippen LogP) is 1.82. The van der Waals surface area contributed by atoms with Crippen molar-refractivity contribution in [2.45, 2.75) is 31.8 Å². The fourth-order valence-electron chi connectivity index (χ4n) is 3.16. The Bertz CT molecular complexity index is 745. The summed E-state index contributed by atoms with van der Waals surface area (Å²) >= 11 is 0. The minimum Gasteiger partial charge on any atom is -0.496 e. The summed E-state index contributed by atoms with van der Waals surface area (Å²) in [6, 6.07) is 9.52. The van der Waals surface area contributed by atoms with Crippen molar-refractivity contribution in [3.05, 3.63) is 58.9 Å². The molecule has 2 aromatic rings. The molecule has 23 heavy (non-hydrogen) atoms. The van der Waals surface area contributed by atoms with Crippen LogP contribution in [0.3, 0.4) is 0 Å². The molecule has 1 unspecified atom stereocenters. The zero-order valence-electron chi connectivity index (χ0n) is 13.4. The van der Waals surface area contributed by atoms with Gasteiger partial charge in [-0.2, -0.15) is 0 Å². The third-order valence-electron chi connectivity index (χ3n) is 4.56. The summed E-state index contributed by atoms with van der Waals surface area (Å²) in [5, 5.41) is 2.96. The molecule has 1 aromatic heterocycles. The zero-order valence-corrected chi connectivity index (χ0v) is 13.4. The van der Waals surface area contributed by atoms with Crippen LogP contribution in [-0.4, -0.2) is 18.0 Å². The quantitative estimate of drug-likeness (QED) is 0.903. The largest absolute Gasteiger partial charge is 0.496 e. The smallest absolute Gasteiger partial charge is 0.244 e. The zero-order chi connectivity index (χ0) is 16.4. The number of hydrogen-bond acceptors (Lipinski definition) is 4. The fraction of sp³-hybridized carbons (Fsp3) is 0.333. The Labute approximate surface area is 135 Å². The lowest BCUT2D eigenvalue weighted by Gasteiger charge is -2.24. The number of nitrogens with zero attached hydrogens (tertiary/aromatic N) is 1. The van der Waals surface area contributed by atoms with Crippen LogP contribution in [0.5, 0.6) is 5.75 Å². The van der Waals surface area contributed by atoms with Crippen LogP contribution in [0.2, 0.25) is 0 Å². The van der Waals surface area contributed by atoms with E-state index in [1.807, 2.05) is 37.3 Å². The molecule has 5 heteroatoms. The van der Waals surface area contributed by atoms with Gasteiger partial charge in [0.25, 0.3) is 0 Å². The van der Waals surface area contributed by atoms with Gasteiger partial charge in [0, 0.05) is 18.4 Å². The van der Waals surface area contributed by atoms with Crippen LogP contribution in [-0.2, 0) is 23.3 Å². The highest BCUT2D eigenvalue weighted by atomic mass is 16.5. The maximum absolute atomic E-state index is 12.7. The van der Waals surface area contributed by atoms with Crippen molar-refractivity contribution >= 4 is 5.91 Å². The Morgan fingerprint density at radius 1 is 1.39 bits per heavy atom. The van der Waals surface area contributed by atoms with Gasteiger partial charge in [0.15, 0.2) is 0 Å². The molecule has 1 heterocycles. The summed E-state index contributed by atoms with van der Waals surface area (Å²) in [6.45, 7) is 2.35. The first-order chi connectivity index (χ1) is 11.1. The van der Waals surface area contributed by atoms with Crippen LogP contribution in [0, 0.1) is 6.92 Å². The summed E-state index contributed by atoms with van der Waals surface area (Å²) in [7, 11) is 1.64. The van der Waals surface area contributed by atoms with Crippen molar-refractivity contribution in [3.8, 4) is 5.75 Å². The summed E-state index contributed by atoms with van der Waals surface area (Å²) in [4.78, 5) is 16.9. The molecule has 1 amide bonds. The highest BCUT2D eigenvalue weighted by Crippen LogP contribution is 2.39. The van der Waals surface area contributed by atoms with Crippen molar-refractivity contribution in [1.82, 2.24) is 10.3 Å². The molecule has 120 valence electrons. The van der Waals surface area contributed by atoms with Gasteiger partial charge in [-0.25, -0.2) is 0 Å². The molecule has 3 rings (SSSR count). The number of pyridine rings is 1. The average molecular weight is 311 g/mol. The molecule has 3 N–H and O–H groups in total. The van der Waals surface area contributed by atoms with E-state index in [1.54, 1.807) is 13.3 Å². The van der Waals surface area contributed by atoms with Crippen molar-refractivity contribution in [2.24, 2.45) is 5.73 Å². The van der Waals surface area contributed by atoms with Crippen molar-refractivity contribution in [3.63, 3.8) is 0 Å². The van der Waals surface area contributed by atoms with Crippen LogP contribution < -0.4 is 15.8 Å². The SMILES string of the molecule is COc1cccc2c1CCC2(N)C(=O)NCc1cccnc1C. The minimum atomic E-state index is -1.00. The average Bonchev–Trinajstić information content (AvgIpc) is 2.92. The summed E-state index contributed by atoms with van der Waals surface area (Å²) < 4.78 is 5.38. The molecule has 0 radical (unpaired) electrons. The fourth-order valence-corrected chi connectivity index (χ4v) is 3.16. The highest BCUT2D eigenvalue weighted by Gasteiger charge is 2.42. The molecule has 5 nitrogen and oxygen atoms in total. The monoisotopic (exact) mass is 311 g/mol. The molecule has 0 saturated carbocycles. The Balaban J connectivity index is 1.80. The number of nitrogens with one attached hydrogen (secondary N) is 1. The van der Waals surface area contributed by atoms with E-state index in [-0.39, 0.29) is 5.91 Å². The molecule has 0 aliphatic heterocycles. The maximum atomic E-state index is 12.7. The van der Waals surface area contributed by atoms with Gasteiger partial charge in [-0.3, -0.25) is 9.78 Å². The summed E-state index contributed by atoms with van der Waals surface area (Å²) in [6.07, 6.45) is 3.07. The number of ether oxygens (including phenoxy) is 1. The lowest BCUT2D eigenvalue weighted by Crippen LogP contribution is -2.49. The van der Waals surface area contributed by atoms with Crippen LogP contribution in [0.15, 0.2) is 36.5 Å². The van der Waals surface area contributed by atoms with Gasteiger partial charge in [-0.1, -0.05) is 18.2 Å². The first-order valence-electron chi connectivity index (χ1n) is 7.70. The van der Waals surface area contributed by atoms with E-state index in [0.29, 0.717) is 13.0 Å². The number of methoxy groups -OCH3 is 1. The molecular formula is C18H21N3O2. The lowest BCUT2D eigenvalue weighted by atomic mass is 9.91. The number of carbonyl (C=O) groups is 1. The highest BCUT2D eigenvalue weighted by molar-refractivity contribution is 5.89. The van der Waals surface area contributed by atoms with Gasteiger partial charge < -0.3 is 15.8 Å². The number of amides is 1. The second kappa shape index (κ2) is 6.01. The molecule has 0 spiro atoms. The normalized spacial score (nSPS) is 19.3. The standard InChI is InChI=1S/C18H21N3O2/c1-12-13(5-4-10-20-12)11-21-17(22)18(19)9-8-14-15(18)6-3-7-16(14)23-2/h3-7,10H,8-9,11,19H2,1-2H3,(H,21,22). The van der Waals surface area contributed by atoms with Crippen LogP contribution in [0.4, 0.5) is 0 Å². The van der Waals surface area contributed by atoms with Crippen LogP contribution in [0.25, 0.3) is 0 Å². The van der Waals surface area contributed by atoms with E-state index in [1.165, 1.54) is 0 Å². The van der Waals surface area contributed by atoms with E-state index >= 15 is 0 Å². The second-order valence-corrected chi connectivity index (χ2v) is 5.89. The first-order valence-corrected chi connectivity index (χ1v) is 7.70. The molecule has 1 atom stereocenters. The Kier molecular flexibility index (Phi) is 4.05. The van der Waals surface area contributed by atoms with Gasteiger partial charge in [-0.05, 0) is 48.6 Å². The number of aryl methyl sites for hydroxylation is 1. The van der Waals surface area contributed by atoms with E-state index in [4.69, 9.17) is 10.5 Å². The number of rotatable bonds is 4. The topological polar surface area (TPSA) is 77.2 Å². The molecule has 1 aromatic carbocycles. The maximum Gasteiger partial charge on any atom is 0.244 e. The number of fused-ring (bicyclic) bond motifs is 1. The van der Waals surface area contributed by atoms with Crippen LogP contribution >= 0.6 is 0 Å². The minimum absolute atomic E-state index is 0.159. The summed E-state index contributed by atoms with van der Waals surface area (Å²) in [5.74, 6) is 0.637. The number of hydrogen-bond donors (Lipinski definition) is 2. The third kappa shape index (κ3) is 2.68. The number of nitrogens with two attached hydrogens (primary N) is 1. The number of carbonyl (C=O) groups excluding carboxylic acids is 1. The molecule has 0 saturated heterocycles. The van der Waals surface area contributed by atoms with Crippen molar-refractivity contribution in [2.75, 3.05) is 7.11 Å². The van der Waals surface area contributed by atoms with Gasteiger partial charge >= 0.3 is 0 Å². The van der Waals surface area contributed by atoms with Gasteiger partial charge in [0.1, 0.15) is 11.3 Å². The predicted molar refractivity (Wildman–Crippen MR) is 88.0 cm³/mol. The Morgan fingerprint density at radius 2 is 2.22 bits per heavy atom. The Hall–Kier alpha value is -2.40. The third-order valence-corrected chi connectivity index (χ3v) is 4.56. The van der Waals surface area contributed by atoms with E-state index < -0.39 is 5.54 Å². The summed E-state index contributed by atoms with van der Waals surface area (Å²) in [5.41, 5.74) is 9.25. The van der Waals surface area contributed by atoms with E-state index in [2.05, 4.69) is 10.3 Å². The number of benzene rings is 1. The van der Waals surface area contributed by atoms with E-state index in [0.717, 1.165) is 34.6 Å². The molecule has 1 aliphatic rings. The Morgan fingerprint density at radius 3 is 2.96 bits per heavy atom. The van der Waals surface area contributed by atoms with Crippen molar-refractivity contribution in [1.29, 1.82) is 0 Å². The van der Waals surface area contributed by atoms with Crippen molar-refractivity contribution < 1.29 is 9.53 Å². The second-order valence-electron chi connectivity index (χ2n) is 5.89. The van der Waals surface area contributed by atoms with E-state index in [9.17, 15) is 4.79 Å². The van der Waals surface area contributed by atoms with Gasteiger partial charge in [0.05, 0.1) is 7.11 Å². The van der Waals surface area contributed by atoms with Gasteiger partial charge in [-0.15, -0.1) is 0 Å². The first kappa shape index (κ1) is 15.5. The molecule has 0 fully saturated rings.